The lowest BCUT2D eigenvalue weighted by atomic mass is 9.90. The van der Waals surface area contributed by atoms with E-state index in [0.29, 0.717) is 29.8 Å². The molecule has 0 aromatic heterocycles. The first-order chi connectivity index (χ1) is 15.9. The van der Waals surface area contributed by atoms with Crippen LogP contribution in [0.25, 0.3) is 0 Å². The molecule has 0 N–H and O–H groups in total. The number of hydrogen-bond acceptors (Lipinski definition) is 3. The van der Waals surface area contributed by atoms with Crippen LogP contribution in [0.4, 0.5) is 8.78 Å². The molecule has 0 saturated carbocycles. The summed E-state index contributed by atoms with van der Waals surface area (Å²) >= 11 is 6.09. The van der Waals surface area contributed by atoms with E-state index in [1.54, 1.807) is 24.3 Å². The molecule has 176 valence electrons. The van der Waals surface area contributed by atoms with Crippen LogP contribution < -0.4 is 4.74 Å². The Balaban J connectivity index is 1.51. The van der Waals surface area contributed by atoms with Crippen molar-refractivity contribution >= 4 is 23.4 Å². The standard InChI is InChI=1S/C25H27ClF2N2O3/c26-18-5-4-6-20(14-18)33-23-9-12-30(25(32)21-8-7-19(27)15-22(21)28)16-17(23)13-24(31)29-10-2-1-3-11-29/h4-8,14-15,17,23H,1-3,9-13,16H2/t17-,23-/m0/s1. The first-order valence-corrected chi connectivity index (χ1v) is 11.7. The first kappa shape index (κ1) is 23.5. The summed E-state index contributed by atoms with van der Waals surface area (Å²) in [6.45, 7) is 2.08. The lowest BCUT2D eigenvalue weighted by Crippen LogP contribution is -2.50. The molecule has 33 heavy (non-hydrogen) atoms. The number of carbonyl (C=O) groups is 2. The molecule has 0 aliphatic carbocycles. The molecular weight excluding hydrogens is 450 g/mol. The van der Waals surface area contributed by atoms with Crippen molar-refractivity contribution in [2.24, 2.45) is 5.92 Å². The van der Waals surface area contributed by atoms with Crippen LogP contribution in [0.1, 0.15) is 42.5 Å². The number of amides is 2. The molecule has 2 aliphatic rings. The monoisotopic (exact) mass is 476 g/mol. The summed E-state index contributed by atoms with van der Waals surface area (Å²) in [5.41, 5.74) is -0.174. The maximum absolute atomic E-state index is 14.2. The van der Waals surface area contributed by atoms with Gasteiger partial charge in [-0.15, -0.1) is 0 Å². The Morgan fingerprint density at radius 1 is 1.00 bits per heavy atom. The van der Waals surface area contributed by atoms with Crippen LogP contribution >= 0.6 is 11.6 Å². The minimum atomic E-state index is -0.891. The summed E-state index contributed by atoms with van der Waals surface area (Å²) in [5, 5.41) is 0.549. The zero-order chi connectivity index (χ0) is 23.4. The summed E-state index contributed by atoms with van der Waals surface area (Å²) in [4.78, 5) is 29.4. The molecule has 2 aliphatic heterocycles. The van der Waals surface area contributed by atoms with Crippen LogP contribution in [0.15, 0.2) is 42.5 Å². The minimum absolute atomic E-state index is 0.0432. The average Bonchev–Trinajstić information content (AvgIpc) is 2.80. The topological polar surface area (TPSA) is 49.9 Å². The van der Waals surface area contributed by atoms with Gasteiger partial charge in [0.15, 0.2) is 0 Å². The predicted octanol–water partition coefficient (Wildman–Crippen LogP) is 4.93. The zero-order valence-electron chi connectivity index (χ0n) is 18.3. The molecular formula is C25H27ClF2N2O3. The number of ether oxygens (including phenoxy) is 1. The predicted molar refractivity (Wildman–Crippen MR) is 121 cm³/mol. The Hall–Kier alpha value is -2.67. The van der Waals surface area contributed by atoms with Crippen molar-refractivity contribution in [2.75, 3.05) is 26.2 Å². The van der Waals surface area contributed by atoms with E-state index in [9.17, 15) is 18.4 Å². The van der Waals surface area contributed by atoms with E-state index >= 15 is 0 Å². The Morgan fingerprint density at radius 2 is 1.79 bits per heavy atom. The fraction of sp³-hybridized carbons (Fsp3) is 0.440. The van der Waals surface area contributed by atoms with Crippen LogP contribution in [-0.2, 0) is 4.79 Å². The Labute approximate surface area is 197 Å². The molecule has 2 saturated heterocycles. The number of hydrogen-bond donors (Lipinski definition) is 0. The quantitative estimate of drug-likeness (QED) is 0.614. The minimum Gasteiger partial charge on any atom is -0.490 e. The number of rotatable bonds is 5. The lowest BCUT2D eigenvalue weighted by molar-refractivity contribution is -0.134. The Kier molecular flexibility index (Phi) is 7.48. The van der Waals surface area contributed by atoms with Gasteiger partial charge in [0.1, 0.15) is 23.5 Å². The van der Waals surface area contributed by atoms with Crippen molar-refractivity contribution in [1.82, 2.24) is 9.80 Å². The molecule has 5 nitrogen and oxygen atoms in total. The highest BCUT2D eigenvalue weighted by Crippen LogP contribution is 2.29. The summed E-state index contributed by atoms with van der Waals surface area (Å²) in [6.07, 6.45) is 3.54. The summed E-state index contributed by atoms with van der Waals surface area (Å²) < 4.78 is 33.7. The van der Waals surface area contributed by atoms with Crippen molar-refractivity contribution in [3.8, 4) is 5.75 Å². The van der Waals surface area contributed by atoms with E-state index < -0.39 is 17.5 Å². The molecule has 0 bridgehead atoms. The fourth-order valence-electron chi connectivity index (χ4n) is 4.59. The maximum Gasteiger partial charge on any atom is 0.256 e. The highest BCUT2D eigenvalue weighted by molar-refractivity contribution is 6.30. The van der Waals surface area contributed by atoms with Crippen molar-refractivity contribution in [3.63, 3.8) is 0 Å². The molecule has 2 fully saturated rings. The number of halogens is 3. The zero-order valence-corrected chi connectivity index (χ0v) is 19.1. The van der Waals surface area contributed by atoms with E-state index in [1.807, 2.05) is 4.90 Å². The third-order valence-corrected chi connectivity index (χ3v) is 6.58. The van der Waals surface area contributed by atoms with Crippen LogP contribution in [0.2, 0.25) is 5.02 Å². The van der Waals surface area contributed by atoms with Crippen molar-refractivity contribution < 1.29 is 23.1 Å². The van der Waals surface area contributed by atoms with E-state index in [0.717, 1.165) is 44.5 Å². The first-order valence-electron chi connectivity index (χ1n) is 11.3. The second-order valence-corrected chi connectivity index (χ2v) is 9.12. The fourth-order valence-corrected chi connectivity index (χ4v) is 4.77. The van der Waals surface area contributed by atoms with Gasteiger partial charge >= 0.3 is 0 Å². The van der Waals surface area contributed by atoms with Gasteiger partial charge in [-0.1, -0.05) is 17.7 Å². The number of likely N-dealkylation sites (tertiary alicyclic amines) is 2. The number of piperidine rings is 2. The third kappa shape index (κ3) is 5.82. The maximum atomic E-state index is 14.2. The van der Waals surface area contributed by atoms with Gasteiger partial charge in [0.25, 0.3) is 5.91 Å². The molecule has 0 radical (unpaired) electrons. The summed E-state index contributed by atoms with van der Waals surface area (Å²) in [6, 6.07) is 10.0. The van der Waals surface area contributed by atoms with Gasteiger partial charge < -0.3 is 14.5 Å². The highest BCUT2D eigenvalue weighted by Gasteiger charge is 2.36. The second kappa shape index (κ2) is 10.5. The van der Waals surface area contributed by atoms with Crippen LogP contribution in [0.3, 0.4) is 0 Å². The Morgan fingerprint density at radius 3 is 2.52 bits per heavy atom. The lowest BCUT2D eigenvalue weighted by Gasteiger charge is -2.39. The van der Waals surface area contributed by atoms with Gasteiger partial charge in [-0.05, 0) is 49.6 Å². The van der Waals surface area contributed by atoms with Crippen LogP contribution in [0, 0.1) is 17.6 Å². The molecule has 2 heterocycles. The van der Waals surface area contributed by atoms with Crippen molar-refractivity contribution in [2.45, 2.75) is 38.2 Å². The smallest absolute Gasteiger partial charge is 0.256 e. The van der Waals surface area contributed by atoms with E-state index in [1.165, 1.54) is 4.90 Å². The average molecular weight is 477 g/mol. The van der Waals surface area contributed by atoms with E-state index in [2.05, 4.69) is 0 Å². The van der Waals surface area contributed by atoms with Crippen LogP contribution in [0.5, 0.6) is 5.75 Å². The largest absolute Gasteiger partial charge is 0.490 e. The number of benzene rings is 2. The van der Waals surface area contributed by atoms with Crippen molar-refractivity contribution in [3.05, 3.63) is 64.7 Å². The van der Waals surface area contributed by atoms with Gasteiger partial charge in [-0.2, -0.15) is 0 Å². The van der Waals surface area contributed by atoms with Gasteiger partial charge in [0.2, 0.25) is 5.91 Å². The molecule has 2 amide bonds. The van der Waals surface area contributed by atoms with E-state index in [-0.39, 0.29) is 36.5 Å². The third-order valence-electron chi connectivity index (χ3n) is 6.34. The van der Waals surface area contributed by atoms with Gasteiger partial charge in [0, 0.05) is 56.0 Å². The Bertz CT molecular complexity index is 1010. The molecule has 2 atom stereocenters. The van der Waals surface area contributed by atoms with Gasteiger partial charge in [0.05, 0.1) is 5.56 Å². The van der Waals surface area contributed by atoms with Crippen LogP contribution in [-0.4, -0.2) is 53.9 Å². The van der Waals surface area contributed by atoms with Crippen molar-refractivity contribution in [1.29, 1.82) is 0 Å². The SMILES string of the molecule is O=C(C[C@H]1CN(C(=O)c2ccc(F)cc2F)CC[C@@H]1Oc1cccc(Cl)c1)N1CCCCC1. The normalized spacial score (nSPS) is 21.1. The summed E-state index contributed by atoms with van der Waals surface area (Å²) in [5.74, 6) is -1.75. The molecule has 0 spiro atoms. The number of nitrogens with zero attached hydrogens (tertiary/aromatic N) is 2. The highest BCUT2D eigenvalue weighted by atomic mass is 35.5. The molecule has 8 heteroatoms. The molecule has 0 unspecified atom stereocenters. The number of carbonyl (C=O) groups excluding carboxylic acids is 2. The molecule has 2 aromatic carbocycles. The van der Waals surface area contributed by atoms with Gasteiger partial charge in [-0.3, -0.25) is 9.59 Å². The van der Waals surface area contributed by atoms with Gasteiger partial charge in [-0.25, -0.2) is 8.78 Å². The van der Waals surface area contributed by atoms with E-state index in [4.69, 9.17) is 16.3 Å². The molecule has 4 rings (SSSR count). The molecule has 2 aromatic rings. The second-order valence-electron chi connectivity index (χ2n) is 8.68. The summed E-state index contributed by atoms with van der Waals surface area (Å²) in [7, 11) is 0.